The standard InChI is InChI=1S/C23H28N4O/c1-17-10-11-20(14-18(17)2)23-21(15-24-12-7-13-25-19(3)28)16-27(26-23)22-8-5-4-6-9-22/h4-6,8-11,14,16,24H,7,12-13,15H2,1-3H3,(H,25,28). The molecule has 5 nitrogen and oxygen atoms in total. The molecule has 3 aromatic rings. The lowest BCUT2D eigenvalue weighted by atomic mass is 10.0. The van der Waals surface area contributed by atoms with Crippen LogP contribution in [0.1, 0.15) is 30.0 Å². The number of aryl methyl sites for hydroxylation is 2. The molecular weight excluding hydrogens is 348 g/mol. The first kappa shape index (κ1) is 19.8. The Morgan fingerprint density at radius 3 is 2.54 bits per heavy atom. The molecular formula is C23H28N4O. The van der Waals surface area contributed by atoms with E-state index in [2.05, 4.69) is 61.0 Å². The molecule has 1 heterocycles. The Kier molecular flexibility index (Phi) is 6.61. The summed E-state index contributed by atoms with van der Waals surface area (Å²) in [7, 11) is 0. The van der Waals surface area contributed by atoms with Gasteiger partial charge in [-0.1, -0.05) is 30.3 Å². The Bertz CT molecular complexity index is 931. The second-order valence-corrected chi connectivity index (χ2v) is 7.10. The number of aromatic nitrogens is 2. The maximum Gasteiger partial charge on any atom is 0.216 e. The number of hydrogen-bond acceptors (Lipinski definition) is 3. The highest BCUT2D eigenvalue weighted by Gasteiger charge is 2.13. The molecule has 28 heavy (non-hydrogen) atoms. The first-order valence-electron chi connectivity index (χ1n) is 9.71. The highest BCUT2D eigenvalue weighted by atomic mass is 16.1. The smallest absolute Gasteiger partial charge is 0.216 e. The van der Waals surface area contributed by atoms with Crippen molar-refractivity contribution in [2.75, 3.05) is 13.1 Å². The van der Waals surface area contributed by atoms with Crippen LogP contribution < -0.4 is 10.6 Å². The summed E-state index contributed by atoms with van der Waals surface area (Å²) in [4.78, 5) is 10.9. The van der Waals surface area contributed by atoms with Gasteiger partial charge in [-0.2, -0.15) is 5.10 Å². The van der Waals surface area contributed by atoms with E-state index >= 15 is 0 Å². The molecule has 0 unspecified atom stereocenters. The molecule has 0 bridgehead atoms. The zero-order valence-electron chi connectivity index (χ0n) is 16.8. The van der Waals surface area contributed by atoms with E-state index in [4.69, 9.17) is 5.10 Å². The molecule has 1 amide bonds. The molecule has 0 spiro atoms. The van der Waals surface area contributed by atoms with Gasteiger partial charge in [-0.3, -0.25) is 4.79 Å². The van der Waals surface area contributed by atoms with Gasteiger partial charge in [-0.25, -0.2) is 4.68 Å². The topological polar surface area (TPSA) is 59.0 Å². The van der Waals surface area contributed by atoms with Gasteiger partial charge in [0, 0.05) is 37.3 Å². The molecule has 5 heteroatoms. The van der Waals surface area contributed by atoms with Crippen molar-refractivity contribution in [3.63, 3.8) is 0 Å². The molecule has 146 valence electrons. The summed E-state index contributed by atoms with van der Waals surface area (Å²) in [6, 6.07) is 16.7. The third-order valence-corrected chi connectivity index (χ3v) is 4.81. The molecule has 3 rings (SSSR count). The lowest BCUT2D eigenvalue weighted by Crippen LogP contribution is -2.25. The van der Waals surface area contributed by atoms with Crippen LogP contribution in [0, 0.1) is 13.8 Å². The van der Waals surface area contributed by atoms with Crippen LogP contribution in [-0.2, 0) is 11.3 Å². The summed E-state index contributed by atoms with van der Waals surface area (Å²) >= 11 is 0. The number of rotatable bonds is 8. The van der Waals surface area contributed by atoms with Crippen LogP contribution in [0.3, 0.4) is 0 Å². The lowest BCUT2D eigenvalue weighted by molar-refractivity contribution is -0.118. The van der Waals surface area contributed by atoms with Gasteiger partial charge in [0.15, 0.2) is 0 Å². The van der Waals surface area contributed by atoms with E-state index in [-0.39, 0.29) is 5.91 Å². The largest absolute Gasteiger partial charge is 0.356 e. The van der Waals surface area contributed by atoms with Crippen molar-refractivity contribution in [2.24, 2.45) is 0 Å². The van der Waals surface area contributed by atoms with Gasteiger partial charge in [0.05, 0.1) is 11.4 Å². The highest BCUT2D eigenvalue weighted by molar-refractivity contribution is 5.72. The SMILES string of the molecule is CC(=O)NCCCNCc1cn(-c2ccccc2)nc1-c1ccc(C)c(C)c1. The van der Waals surface area contributed by atoms with Crippen molar-refractivity contribution >= 4 is 5.91 Å². The molecule has 0 saturated heterocycles. The fourth-order valence-electron chi connectivity index (χ4n) is 3.08. The normalized spacial score (nSPS) is 10.8. The molecule has 0 aliphatic heterocycles. The summed E-state index contributed by atoms with van der Waals surface area (Å²) in [6.07, 6.45) is 2.99. The predicted octanol–water partition coefficient (Wildman–Crippen LogP) is 3.77. The van der Waals surface area contributed by atoms with Crippen molar-refractivity contribution in [3.05, 3.63) is 71.4 Å². The summed E-state index contributed by atoms with van der Waals surface area (Å²) in [5.74, 6) is 0.0150. The van der Waals surface area contributed by atoms with Gasteiger partial charge >= 0.3 is 0 Å². The molecule has 0 radical (unpaired) electrons. The maximum atomic E-state index is 10.9. The zero-order chi connectivity index (χ0) is 19.9. The number of nitrogens with one attached hydrogen (secondary N) is 2. The summed E-state index contributed by atoms with van der Waals surface area (Å²) < 4.78 is 1.94. The molecule has 0 aliphatic rings. The number of para-hydroxylation sites is 1. The van der Waals surface area contributed by atoms with Crippen molar-refractivity contribution < 1.29 is 4.79 Å². The van der Waals surface area contributed by atoms with Gasteiger partial charge in [0.1, 0.15) is 0 Å². The van der Waals surface area contributed by atoms with Crippen LogP contribution in [0.25, 0.3) is 16.9 Å². The molecule has 0 saturated carbocycles. The summed E-state index contributed by atoms with van der Waals surface area (Å²) in [5, 5.41) is 11.2. The van der Waals surface area contributed by atoms with E-state index in [0.29, 0.717) is 6.54 Å². The Hall–Kier alpha value is -2.92. The number of nitrogens with zero attached hydrogens (tertiary/aromatic N) is 2. The van der Waals surface area contributed by atoms with Gasteiger partial charge < -0.3 is 10.6 Å². The van der Waals surface area contributed by atoms with E-state index in [0.717, 1.165) is 42.0 Å². The van der Waals surface area contributed by atoms with E-state index in [1.165, 1.54) is 11.1 Å². The average Bonchev–Trinajstić information content (AvgIpc) is 3.11. The van der Waals surface area contributed by atoms with Crippen molar-refractivity contribution in [1.82, 2.24) is 20.4 Å². The lowest BCUT2D eigenvalue weighted by Gasteiger charge is -2.07. The van der Waals surface area contributed by atoms with Gasteiger partial charge in [0.2, 0.25) is 5.91 Å². The molecule has 0 fully saturated rings. The van der Waals surface area contributed by atoms with Crippen LogP contribution >= 0.6 is 0 Å². The second kappa shape index (κ2) is 9.33. The minimum absolute atomic E-state index is 0.0150. The predicted molar refractivity (Wildman–Crippen MR) is 113 cm³/mol. The van der Waals surface area contributed by atoms with E-state index < -0.39 is 0 Å². The molecule has 2 N–H and O–H groups in total. The summed E-state index contributed by atoms with van der Waals surface area (Å²) in [6.45, 7) is 8.06. The molecule has 0 aliphatic carbocycles. The number of carbonyl (C=O) groups excluding carboxylic acids is 1. The Balaban J connectivity index is 1.79. The quantitative estimate of drug-likeness (QED) is 0.588. The Morgan fingerprint density at radius 2 is 1.82 bits per heavy atom. The van der Waals surface area contributed by atoms with Crippen molar-refractivity contribution in [3.8, 4) is 16.9 Å². The maximum absolute atomic E-state index is 10.9. The minimum atomic E-state index is 0.0150. The third kappa shape index (κ3) is 5.08. The van der Waals surface area contributed by atoms with Crippen LogP contribution in [-0.4, -0.2) is 28.8 Å². The van der Waals surface area contributed by atoms with Crippen LogP contribution in [0.15, 0.2) is 54.7 Å². The van der Waals surface area contributed by atoms with Gasteiger partial charge in [0.25, 0.3) is 0 Å². The molecule has 1 aromatic heterocycles. The highest BCUT2D eigenvalue weighted by Crippen LogP contribution is 2.25. The second-order valence-electron chi connectivity index (χ2n) is 7.10. The van der Waals surface area contributed by atoms with Crippen molar-refractivity contribution in [1.29, 1.82) is 0 Å². The zero-order valence-corrected chi connectivity index (χ0v) is 16.8. The molecule has 0 atom stereocenters. The number of hydrogen-bond donors (Lipinski definition) is 2. The number of carbonyl (C=O) groups is 1. The first-order valence-corrected chi connectivity index (χ1v) is 9.71. The van der Waals surface area contributed by atoms with Crippen LogP contribution in [0.5, 0.6) is 0 Å². The first-order chi connectivity index (χ1) is 13.5. The van der Waals surface area contributed by atoms with E-state index in [9.17, 15) is 4.79 Å². The molecule has 2 aromatic carbocycles. The number of benzene rings is 2. The van der Waals surface area contributed by atoms with Crippen LogP contribution in [0.2, 0.25) is 0 Å². The monoisotopic (exact) mass is 376 g/mol. The fraction of sp³-hybridized carbons (Fsp3) is 0.304. The Labute approximate surface area is 166 Å². The van der Waals surface area contributed by atoms with Gasteiger partial charge in [-0.05, 0) is 56.1 Å². The van der Waals surface area contributed by atoms with Gasteiger partial charge in [-0.15, -0.1) is 0 Å². The summed E-state index contributed by atoms with van der Waals surface area (Å²) in [5.41, 5.74) is 6.88. The van der Waals surface area contributed by atoms with E-state index in [1.54, 1.807) is 6.92 Å². The van der Waals surface area contributed by atoms with E-state index in [1.807, 2.05) is 22.9 Å². The fourth-order valence-corrected chi connectivity index (χ4v) is 3.08. The minimum Gasteiger partial charge on any atom is -0.356 e. The third-order valence-electron chi connectivity index (χ3n) is 4.81. The van der Waals surface area contributed by atoms with Crippen molar-refractivity contribution in [2.45, 2.75) is 33.7 Å². The van der Waals surface area contributed by atoms with Crippen LogP contribution in [0.4, 0.5) is 0 Å². The Morgan fingerprint density at radius 1 is 1.04 bits per heavy atom. The number of amides is 1. The average molecular weight is 377 g/mol.